The number of thiazole rings is 1. The van der Waals surface area contributed by atoms with Crippen molar-refractivity contribution in [2.75, 3.05) is 17.2 Å². The molecule has 0 saturated heterocycles. The van der Waals surface area contributed by atoms with Crippen LogP contribution in [0.1, 0.15) is 81.6 Å². The van der Waals surface area contributed by atoms with Gasteiger partial charge in [0, 0.05) is 30.4 Å². The maximum absolute atomic E-state index is 12.9. The quantitative estimate of drug-likeness (QED) is 0.279. The molecule has 0 spiro atoms. The van der Waals surface area contributed by atoms with Crippen LogP contribution in [0.25, 0.3) is 16.6 Å². The number of imidazole rings is 1. The molecule has 3 unspecified atom stereocenters. The molecular formula is C28H40F3N7OS. The summed E-state index contributed by atoms with van der Waals surface area (Å²) >= 11 is 1.58. The van der Waals surface area contributed by atoms with Gasteiger partial charge in [0.05, 0.1) is 17.0 Å². The number of fused-ring (bicyclic) bond motifs is 1. The van der Waals surface area contributed by atoms with Crippen molar-refractivity contribution in [3.8, 4) is 10.6 Å². The molecule has 0 amide bonds. The second-order valence-electron chi connectivity index (χ2n) is 9.70. The van der Waals surface area contributed by atoms with E-state index in [-0.39, 0.29) is 25.3 Å². The van der Waals surface area contributed by atoms with E-state index in [1.807, 2.05) is 31.5 Å². The van der Waals surface area contributed by atoms with Gasteiger partial charge in [0.25, 0.3) is 0 Å². The van der Waals surface area contributed by atoms with E-state index in [0.29, 0.717) is 29.3 Å². The standard InChI is InChI=1S/C25H30F3N7OS.C2H6.CH4/c1-14-19(23-33-17-6-4-3-5-7-18(17)37-23)21(34-24(31-14)30-13-25(26,27)28)32-16-9-8-15(12-16)20(36)22-29-10-11-35(22)2;1-2;/h4,6,10-11,15-16,20,36H,3,5,7-9,12-13H2,1-2H3,(H2,30,31,32,34);1-2H3;1H4. The predicted molar refractivity (Wildman–Crippen MR) is 155 cm³/mol. The SMILES string of the molecule is C.CC.Cc1nc(NCC(F)(F)F)nc(NC2CCC(C(O)c3nccn3C)C2)c1-c1nc2c(s1)CCCC=C2. The van der Waals surface area contributed by atoms with Crippen molar-refractivity contribution >= 4 is 29.2 Å². The third-order valence-electron chi connectivity index (χ3n) is 6.91. The highest BCUT2D eigenvalue weighted by atomic mass is 32.1. The van der Waals surface area contributed by atoms with E-state index in [2.05, 4.69) is 31.7 Å². The molecule has 1 fully saturated rings. The highest BCUT2D eigenvalue weighted by Gasteiger charge is 2.34. The van der Waals surface area contributed by atoms with Gasteiger partial charge >= 0.3 is 6.18 Å². The zero-order chi connectivity index (χ0) is 28.2. The van der Waals surface area contributed by atoms with Crippen LogP contribution in [-0.2, 0) is 13.5 Å². The van der Waals surface area contributed by atoms with E-state index in [4.69, 9.17) is 4.98 Å². The molecule has 0 radical (unpaired) electrons. The molecule has 12 heteroatoms. The summed E-state index contributed by atoms with van der Waals surface area (Å²) in [6.07, 6.45) is 7.80. The number of anilines is 2. The Morgan fingerprint density at radius 1 is 1.20 bits per heavy atom. The van der Waals surface area contributed by atoms with Gasteiger partial charge in [-0.1, -0.05) is 27.4 Å². The number of aryl methyl sites for hydroxylation is 3. The molecule has 3 aromatic rings. The maximum Gasteiger partial charge on any atom is 0.405 e. The Bertz CT molecular complexity index is 1290. The lowest BCUT2D eigenvalue weighted by Crippen LogP contribution is -2.24. The normalized spacial score (nSPS) is 19.1. The smallest absolute Gasteiger partial charge is 0.385 e. The molecule has 2 aliphatic rings. The van der Waals surface area contributed by atoms with Crippen molar-refractivity contribution in [1.29, 1.82) is 0 Å². The Hall–Kier alpha value is -2.99. The van der Waals surface area contributed by atoms with Gasteiger partial charge in [-0.3, -0.25) is 0 Å². The molecule has 40 heavy (non-hydrogen) atoms. The first-order valence-corrected chi connectivity index (χ1v) is 14.3. The lowest BCUT2D eigenvalue weighted by Gasteiger charge is -2.20. The van der Waals surface area contributed by atoms with E-state index in [1.54, 1.807) is 30.7 Å². The van der Waals surface area contributed by atoms with Crippen LogP contribution >= 0.6 is 11.3 Å². The number of nitrogens with zero attached hydrogens (tertiary/aromatic N) is 5. The number of rotatable bonds is 7. The van der Waals surface area contributed by atoms with Gasteiger partial charge in [-0.25, -0.2) is 15.0 Å². The van der Waals surface area contributed by atoms with E-state index < -0.39 is 18.8 Å². The van der Waals surface area contributed by atoms with Crippen LogP contribution in [0.15, 0.2) is 18.5 Å². The Morgan fingerprint density at radius 3 is 2.67 bits per heavy atom. The largest absolute Gasteiger partial charge is 0.405 e. The van der Waals surface area contributed by atoms with E-state index in [1.165, 1.54) is 4.88 Å². The monoisotopic (exact) mass is 579 g/mol. The zero-order valence-corrected chi connectivity index (χ0v) is 23.5. The van der Waals surface area contributed by atoms with Gasteiger partial charge in [0.2, 0.25) is 5.95 Å². The topological polar surface area (TPSA) is 101 Å². The fourth-order valence-electron chi connectivity index (χ4n) is 5.05. The maximum atomic E-state index is 12.9. The summed E-state index contributed by atoms with van der Waals surface area (Å²) < 4.78 is 40.4. The molecule has 3 atom stereocenters. The number of aliphatic hydroxyl groups is 1. The molecule has 0 aliphatic heterocycles. The summed E-state index contributed by atoms with van der Waals surface area (Å²) in [5.74, 6) is 1.01. The lowest BCUT2D eigenvalue weighted by molar-refractivity contribution is -0.115. The fraction of sp³-hybridized carbons (Fsp3) is 0.571. The van der Waals surface area contributed by atoms with Crippen LogP contribution in [0.5, 0.6) is 0 Å². The number of halogens is 3. The van der Waals surface area contributed by atoms with Crippen LogP contribution in [0.4, 0.5) is 24.9 Å². The van der Waals surface area contributed by atoms with Gasteiger partial charge in [-0.05, 0) is 57.4 Å². The number of alkyl halides is 3. The van der Waals surface area contributed by atoms with Crippen LogP contribution in [0.2, 0.25) is 0 Å². The predicted octanol–water partition coefficient (Wildman–Crippen LogP) is 6.94. The van der Waals surface area contributed by atoms with Gasteiger partial charge in [-0.2, -0.15) is 18.2 Å². The van der Waals surface area contributed by atoms with E-state index in [9.17, 15) is 18.3 Å². The lowest BCUT2D eigenvalue weighted by atomic mass is 10.00. The van der Waals surface area contributed by atoms with Crippen molar-refractivity contribution in [2.24, 2.45) is 13.0 Å². The molecule has 220 valence electrons. The average molecular weight is 580 g/mol. The summed E-state index contributed by atoms with van der Waals surface area (Å²) in [7, 11) is 1.85. The summed E-state index contributed by atoms with van der Waals surface area (Å²) in [5, 5.41) is 17.4. The fourth-order valence-corrected chi connectivity index (χ4v) is 6.24. The molecule has 0 bridgehead atoms. The Kier molecular flexibility index (Phi) is 10.7. The summed E-state index contributed by atoms with van der Waals surface area (Å²) in [5.41, 5.74) is 2.19. The molecule has 1 saturated carbocycles. The Labute approximate surface area is 238 Å². The van der Waals surface area contributed by atoms with Crippen molar-refractivity contribution in [3.05, 3.63) is 40.6 Å². The van der Waals surface area contributed by atoms with Crippen LogP contribution in [0, 0.1) is 12.8 Å². The molecular weight excluding hydrogens is 539 g/mol. The molecule has 3 aromatic heterocycles. The van der Waals surface area contributed by atoms with E-state index >= 15 is 0 Å². The summed E-state index contributed by atoms with van der Waals surface area (Å²) in [6, 6.07) is -0.0129. The number of hydrogen-bond acceptors (Lipinski definition) is 8. The first-order valence-electron chi connectivity index (χ1n) is 13.5. The Morgan fingerprint density at radius 2 is 1.98 bits per heavy atom. The van der Waals surface area contributed by atoms with Gasteiger partial charge < -0.3 is 20.3 Å². The molecule has 3 N–H and O–H groups in total. The minimum Gasteiger partial charge on any atom is -0.385 e. The minimum absolute atomic E-state index is 0. The third kappa shape index (κ3) is 7.39. The zero-order valence-electron chi connectivity index (χ0n) is 22.7. The number of hydrogen-bond donors (Lipinski definition) is 3. The molecule has 2 aliphatic carbocycles. The van der Waals surface area contributed by atoms with Crippen LogP contribution in [0.3, 0.4) is 0 Å². The second-order valence-corrected chi connectivity index (χ2v) is 10.8. The minimum atomic E-state index is -4.39. The molecule has 8 nitrogen and oxygen atoms in total. The molecule has 3 heterocycles. The molecule has 0 aromatic carbocycles. The third-order valence-corrected chi connectivity index (χ3v) is 8.06. The highest BCUT2D eigenvalue weighted by molar-refractivity contribution is 7.15. The average Bonchev–Trinajstić information content (AvgIpc) is 3.60. The van der Waals surface area contributed by atoms with E-state index in [0.717, 1.165) is 42.8 Å². The van der Waals surface area contributed by atoms with Crippen molar-refractivity contribution in [2.45, 2.75) is 85.0 Å². The van der Waals surface area contributed by atoms with Gasteiger partial charge in [0.15, 0.2) is 0 Å². The van der Waals surface area contributed by atoms with Crippen molar-refractivity contribution < 1.29 is 18.3 Å². The first kappa shape index (κ1) is 31.5. The summed E-state index contributed by atoms with van der Waals surface area (Å²) in [4.78, 5) is 19.1. The van der Waals surface area contributed by atoms with Gasteiger partial charge in [0.1, 0.15) is 29.3 Å². The van der Waals surface area contributed by atoms with Crippen molar-refractivity contribution in [1.82, 2.24) is 24.5 Å². The number of aliphatic hydroxyl groups excluding tert-OH is 1. The second kappa shape index (κ2) is 13.6. The first-order chi connectivity index (χ1) is 18.7. The van der Waals surface area contributed by atoms with Crippen LogP contribution in [-0.4, -0.2) is 48.4 Å². The number of allylic oxidation sites excluding steroid dienone is 1. The number of nitrogens with one attached hydrogen (secondary N) is 2. The Balaban J connectivity index is 0.00000144. The summed E-state index contributed by atoms with van der Waals surface area (Å²) in [6.45, 7) is 4.55. The molecule has 5 rings (SSSR count). The highest BCUT2D eigenvalue weighted by Crippen LogP contribution is 2.40. The van der Waals surface area contributed by atoms with Crippen LogP contribution < -0.4 is 10.6 Å². The van der Waals surface area contributed by atoms with Gasteiger partial charge in [-0.15, -0.1) is 11.3 Å². The van der Waals surface area contributed by atoms with Crippen molar-refractivity contribution in [3.63, 3.8) is 0 Å². The number of aromatic nitrogens is 5.